The molecule has 1 N–H and O–H groups in total. The van der Waals surface area contributed by atoms with E-state index in [0.29, 0.717) is 23.9 Å². The molecule has 0 aliphatic rings. The lowest BCUT2D eigenvalue weighted by Gasteiger charge is -2.07. The van der Waals surface area contributed by atoms with Crippen molar-refractivity contribution in [2.45, 2.75) is 6.92 Å². The molecule has 3 rings (SSSR count). The van der Waals surface area contributed by atoms with E-state index in [1.807, 2.05) is 6.92 Å². The van der Waals surface area contributed by atoms with Gasteiger partial charge in [-0.15, -0.1) is 10.2 Å². The molecule has 0 saturated carbocycles. The topological polar surface area (TPSA) is 107 Å². The van der Waals surface area contributed by atoms with Crippen molar-refractivity contribution in [3.05, 3.63) is 75.3 Å². The predicted molar refractivity (Wildman–Crippen MR) is 105 cm³/mol. The Morgan fingerprint density at radius 3 is 2.50 bits per heavy atom. The van der Waals surface area contributed by atoms with Crippen LogP contribution < -0.4 is 10.1 Å². The van der Waals surface area contributed by atoms with E-state index in [1.54, 1.807) is 36.4 Å². The number of nitrogens with one attached hydrogen (secondary N) is 1. The summed E-state index contributed by atoms with van der Waals surface area (Å²) in [6, 6.07) is 14.4. The third-order valence-electron chi connectivity index (χ3n) is 3.78. The lowest BCUT2D eigenvalue weighted by Crippen LogP contribution is -2.12. The van der Waals surface area contributed by atoms with Crippen LogP contribution in [0.4, 0.5) is 11.4 Å². The van der Waals surface area contributed by atoms with Crippen LogP contribution in [-0.4, -0.2) is 27.6 Å². The van der Waals surface area contributed by atoms with Crippen LogP contribution in [0.15, 0.2) is 54.6 Å². The number of ether oxygens (including phenoxy) is 1. The highest BCUT2D eigenvalue weighted by molar-refractivity contribution is 6.32. The molecule has 1 amide bonds. The number of anilines is 1. The van der Waals surface area contributed by atoms with Crippen LogP contribution in [0.3, 0.4) is 0 Å². The molecule has 0 aliphatic heterocycles. The van der Waals surface area contributed by atoms with Crippen LogP contribution >= 0.6 is 11.6 Å². The first-order valence-corrected chi connectivity index (χ1v) is 8.68. The summed E-state index contributed by atoms with van der Waals surface area (Å²) in [6.07, 6.45) is 0. The second-order valence-corrected chi connectivity index (χ2v) is 6.05. The Morgan fingerprint density at radius 1 is 1.14 bits per heavy atom. The first-order chi connectivity index (χ1) is 13.5. The van der Waals surface area contributed by atoms with Crippen molar-refractivity contribution in [3.8, 4) is 17.1 Å². The summed E-state index contributed by atoms with van der Waals surface area (Å²) in [5.41, 5.74) is 1.83. The second-order valence-electron chi connectivity index (χ2n) is 5.64. The molecule has 0 unspecified atom stereocenters. The third kappa shape index (κ3) is 4.41. The molecule has 0 saturated heterocycles. The van der Waals surface area contributed by atoms with Crippen LogP contribution in [0, 0.1) is 10.1 Å². The zero-order chi connectivity index (χ0) is 20.1. The van der Waals surface area contributed by atoms with Gasteiger partial charge in [-0.1, -0.05) is 23.7 Å². The normalized spacial score (nSPS) is 10.4. The van der Waals surface area contributed by atoms with Gasteiger partial charge in [-0.05, 0) is 37.3 Å². The third-order valence-corrected chi connectivity index (χ3v) is 4.10. The second kappa shape index (κ2) is 8.45. The number of halogens is 1. The van der Waals surface area contributed by atoms with E-state index in [0.717, 1.165) is 11.6 Å². The van der Waals surface area contributed by atoms with Gasteiger partial charge >= 0.3 is 0 Å². The Labute approximate surface area is 165 Å². The number of rotatable bonds is 6. The van der Waals surface area contributed by atoms with Gasteiger partial charge in [0.15, 0.2) is 0 Å². The van der Waals surface area contributed by atoms with Crippen molar-refractivity contribution in [2.75, 3.05) is 11.9 Å². The van der Waals surface area contributed by atoms with E-state index < -0.39 is 10.8 Å². The van der Waals surface area contributed by atoms with Gasteiger partial charge in [0.05, 0.1) is 17.2 Å². The maximum Gasteiger partial charge on any atom is 0.288 e. The quantitative estimate of drug-likeness (QED) is 0.488. The van der Waals surface area contributed by atoms with Crippen molar-refractivity contribution >= 4 is 28.9 Å². The lowest BCUT2D eigenvalue weighted by atomic mass is 10.1. The fraction of sp³-hybridized carbons (Fsp3) is 0.105. The number of nitrogens with zero attached hydrogens (tertiary/aromatic N) is 3. The highest BCUT2D eigenvalue weighted by Crippen LogP contribution is 2.26. The van der Waals surface area contributed by atoms with Gasteiger partial charge in [0.2, 0.25) is 5.88 Å². The van der Waals surface area contributed by atoms with E-state index >= 15 is 0 Å². The van der Waals surface area contributed by atoms with E-state index in [2.05, 4.69) is 15.5 Å². The molecular formula is C19H15ClN4O4. The van der Waals surface area contributed by atoms with Crippen molar-refractivity contribution in [1.29, 1.82) is 0 Å². The summed E-state index contributed by atoms with van der Waals surface area (Å²) < 4.78 is 5.26. The molecule has 9 heteroatoms. The molecule has 0 spiro atoms. The summed E-state index contributed by atoms with van der Waals surface area (Å²) in [4.78, 5) is 22.7. The number of hydrogen-bond donors (Lipinski definition) is 1. The minimum absolute atomic E-state index is 0.0256. The Kier molecular flexibility index (Phi) is 5.81. The smallest absolute Gasteiger partial charge is 0.288 e. The highest BCUT2D eigenvalue weighted by atomic mass is 35.5. The fourth-order valence-corrected chi connectivity index (χ4v) is 2.61. The fourth-order valence-electron chi connectivity index (χ4n) is 2.42. The van der Waals surface area contributed by atoms with Crippen LogP contribution in [0.5, 0.6) is 5.88 Å². The monoisotopic (exact) mass is 398 g/mol. The number of benzene rings is 2. The molecule has 0 fully saturated rings. The Bertz CT molecular complexity index is 1010. The van der Waals surface area contributed by atoms with E-state index in [4.69, 9.17) is 16.3 Å². The van der Waals surface area contributed by atoms with Crippen molar-refractivity contribution < 1.29 is 14.5 Å². The van der Waals surface area contributed by atoms with Gasteiger partial charge in [-0.2, -0.15) is 0 Å². The first kappa shape index (κ1) is 19.2. The molecule has 0 aliphatic carbocycles. The average molecular weight is 399 g/mol. The minimum Gasteiger partial charge on any atom is -0.477 e. The van der Waals surface area contributed by atoms with Gasteiger partial charge in [-0.25, -0.2) is 0 Å². The van der Waals surface area contributed by atoms with Crippen molar-refractivity contribution in [1.82, 2.24) is 10.2 Å². The molecule has 2 aromatic carbocycles. The van der Waals surface area contributed by atoms with Gasteiger partial charge in [-0.3, -0.25) is 14.9 Å². The molecule has 0 bridgehead atoms. The van der Waals surface area contributed by atoms with Crippen LogP contribution in [0.2, 0.25) is 5.02 Å². The van der Waals surface area contributed by atoms with Gasteiger partial charge in [0, 0.05) is 28.9 Å². The maximum absolute atomic E-state index is 12.3. The minimum atomic E-state index is -0.633. The largest absolute Gasteiger partial charge is 0.477 e. The molecule has 0 atom stereocenters. The van der Waals surface area contributed by atoms with E-state index in [-0.39, 0.29) is 16.3 Å². The number of nitro benzene ring substituents is 1. The number of carbonyl (C=O) groups is 1. The molecule has 1 heterocycles. The summed E-state index contributed by atoms with van der Waals surface area (Å²) in [7, 11) is 0. The Morgan fingerprint density at radius 2 is 1.89 bits per heavy atom. The van der Waals surface area contributed by atoms with Gasteiger partial charge in [0.1, 0.15) is 5.02 Å². The number of nitro groups is 1. The summed E-state index contributed by atoms with van der Waals surface area (Å²) in [6.45, 7) is 2.38. The SMILES string of the molecule is CCOc1ccc(-c2ccc(NC(=O)c3ccc(Cl)c([N+](=O)[O-])c3)cc2)nn1. The number of hydrogen-bond acceptors (Lipinski definition) is 6. The summed E-state index contributed by atoms with van der Waals surface area (Å²) in [5.74, 6) is -0.0273. The van der Waals surface area contributed by atoms with E-state index in [9.17, 15) is 14.9 Å². The number of carbonyl (C=O) groups excluding carboxylic acids is 1. The molecule has 3 aromatic rings. The first-order valence-electron chi connectivity index (χ1n) is 8.30. The summed E-state index contributed by atoms with van der Waals surface area (Å²) in [5, 5.41) is 21.7. The van der Waals surface area contributed by atoms with Crippen LogP contribution in [0.25, 0.3) is 11.3 Å². The molecular weight excluding hydrogens is 384 g/mol. The predicted octanol–water partition coefficient (Wildman–Crippen LogP) is 4.36. The molecule has 1 aromatic heterocycles. The van der Waals surface area contributed by atoms with E-state index in [1.165, 1.54) is 12.1 Å². The Hall–Kier alpha value is -3.52. The maximum atomic E-state index is 12.3. The van der Waals surface area contributed by atoms with Crippen molar-refractivity contribution in [2.24, 2.45) is 0 Å². The standard InChI is InChI=1S/C19H15ClN4O4/c1-2-28-18-10-9-16(22-23-18)12-3-6-14(7-4-12)21-19(25)13-5-8-15(20)17(11-13)24(26)27/h3-11H,2H2,1H3,(H,21,25). The van der Waals surface area contributed by atoms with Crippen LogP contribution in [0.1, 0.15) is 17.3 Å². The molecule has 28 heavy (non-hydrogen) atoms. The van der Waals surface area contributed by atoms with Crippen molar-refractivity contribution in [3.63, 3.8) is 0 Å². The molecule has 142 valence electrons. The highest BCUT2D eigenvalue weighted by Gasteiger charge is 2.16. The molecule has 8 nitrogen and oxygen atoms in total. The average Bonchev–Trinajstić information content (AvgIpc) is 2.69. The van der Waals surface area contributed by atoms with Gasteiger partial charge < -0.3 is 10.1 Å². The van der Waals surface area contributed by atoms with Crippen LogP contribution in [-0.2, 0) is 0 Å². The zero-order valence-corrected chi connectivity index (χ0v) is 15.5. The molecule has 0 radical (unpaired) electrons. The zero-order valence-electron chi connectivity index (χ0n) is 14.8. The number of amides is 1. The number of aromatic nitrogens is 2. The lowest BCUT2D eigenvalue weighted by molar-refractivity contribution is -0.384. The van der Waals surface area contributed by atoms with Gasteiger partial charge in [0.25, 0.3) is 11.6 Å². The Balaban J connectivity index is 1.72. The summed E-state index contributed by atoms with van der Waals surface area (Å²) >= 11 is 5.77.